The third kappa shape index (κ3) is 5.39. The molecule has 0 aromatic heterocycles. The van der Waals surface area contributed by atoms with Crippen LogP contribution in [0.2, 0.25) is 0 Å². The SMILES string of the molecule is C1=CC(c2ccc(OCC3CO3)cc2)CC=C1c1ccc(OCC2CO2)c(C2CCCCC2)c1. The van der Waals surface area contributed by atoms with Gasteiger partial charge in [-0.1, -0.05) is 55.7 Å². The van der Waals surface area contributed by atoms with Gasteiger partial charge in [-0.2, -0.15) is 0 Å². The van der Waals surface area contributed by atoms with Gasteiger partial charge in [0.1, 0.15) is 36.9 Å². The summed E-state index contributed by atoms with van der Waals surface area (Å²) < 4.78 is 22.5. The summed E-state index contributed by atoms with van der Waals surface area (Å²) in [6.07, 6.45) is 15.2. The predicted molar refractivity (Wildman–Crippen MR) is 134 cm³/mol. The molecule has 1 saturated carbocycles. The Hall–Kier alpha value is -2.56. The Kier molecular flexibility index (Phi) is 6.43. The zero-order chi connectivity index (χ0) is 22.7. The maximum atomic E-state index is 6.20. The first-order chi connectivity index (χ1) is 16.8. The van der Waals surface area contributed by atoms with Gasteiger partial charge >= 0.3 is 0 Å². The molecule has 3 unspecified atom stereocenters. The normalized spacial score (nSPS) is 26.1. The monoisotopic (exact) mass is 458 g/mol. The first-order valence-corrected chi connectivity index (χ1v) is 12.9. The van der Waals surface area contributed by atoms with Crippen LogP contribution in [0.25, 0.3) is 5.57 Å². The minimum Gasteiger partial charge on any atom is -0.491 e. The lowest BCUT2D eigenvalue weighted by Gasteiger charge is -2.25. The molecule has 3 fully saturated rings. The van der Waals surface area contributed by atoms with Gasteiger partial charge in [0.25, 0.3) is 0 Å². The smallest absolute Gasteiger partial charge is 0.122 e. The number of rotatable bonds is 9. The highest BCUT2D eigenvalue weighted by Gasteiger charge is 2.26. The average molecular weight is 459 g/mol. The van der Waals surface area contributed by atoms with Gasteiger partial charge in [0.05, 0.1) is 13.2 Å². The van der Waals surface area contributed by atoms with Crippen molar-refractivity contribution < 1.29 is 18.9 Å². The van der Waals surface area contributed by atoms with Crippen LogP contribution in [0.1, 0.15) is 67.1 Å². The predicted octanol–water partition coefficient (Wildman–Crippen LogP) is 6.42. The third-order valence-electron chi connectivity index (χ3n) is 7.46. The zero-order valence-electron chi connectivity index (χ0n) is 19.8. The minimum atomic E-state index is 0.285. The Morgan fingerprint density at radius 3 is 2.24 bits per heavy atom. The van der Waals surface area contributed by atoms with Crippen LogP contribution < -0.4 is 9.47 Å². The molecule has 2 aromatic carbocycles. The van der Waals surface area contributed by atoms with E-state index >= 15 is 0 Å². The summed E-state index contributed by atoms with van der Waals surface area (Å²) in [5.41, 5.74) is 5.34. The fourth-order valence-corrected chi connectivity index (χ4v) is 5.19. The van der Waals surface area contributed by atoms with Gasteiger partial charge in [0.2, 0.25) is 0 Å². The Morgan fingerprint density at radius 1 is 0.824 bits per heavy atom. The van der Waals surface area contributed by atoms with Gasteiger partial charge in [-0.25, -0.2) is 0 Å². The van der Waals surface area contributed by atoms with Crippen molar-refractivity contribution in [3.63, 3.8) is 0 Å². The standard InChI is InChI=1S/C30H34O4/c1-2-4-24(5-3-1)29-16-25(12-15-30(29)34-20-28-19-33-28)23-8-6-21(7-9-23)22-10-13-26(14-11-22)31-17-27-18-32-27/h6,8-16,21,24,27-28H,1-5,7,17-20H2. The quantitative estimate of drug-likeness (QED) is 0.407. The summed E-state index contributed by atoms with van der Waals surface area (Å²) in [4.78, 5) is 0. The minimum absolute atomic E-state index is 0.285. The molecule has 4 aliphatic rings. The second-order valence-electron chi connectivity index (χ2n) is 10.1. The number of hydrogen-bond donors (Lipinski definition) is 0. The molecule has 34 heavy (non-hydrogen) atoms. The van der Waals surface area contributed by atoms with Crippen LogP contribution in [0.4, 0.5) is 0 Å². The van der Waals surface area contributed by atoms with E-state index in [-0.39, 0.29) is 12.2 Å². The van der Waals surface area contributed by atoms with Gasteiger partial charge in [0.15, 0.2) is 0 Å². The summed E-state index contributed by atoms with van der Waals surface area (Å²) in [6.45, 7) is 2.98. The molecule has 2 heterocycles. The fourth-order valence-electron chi connectivity index (χ4n) is 5.19. The van der Waals surface area contributed by atoms with E-state index in [1.165, 1.54) is 54.4 Å². The topological polar surface area (TPSA) is 43.5 Å². The maximum Gasteiger partial charge on any atom is 0.122 e. The highest BCUT2D eigenvalue weighted by Crippen LogP contribution is 2.40. The van der Waals surface area contributed by atoms with Crippen molar-refractivity contribution in [2.75, 3.05) is 26.4 Å². The van der Waals surface area contributed by atoms with Gasteiger partial charge in [-0.3, -0.25) is 0 Å². The van der Waals surface area contributed by atoms with Crippen LogP contribution in [0, 0.1) is 0 Å². The van der Waals surface area contributed by atoms with E-state index in [0.29, 0.717) is 25.0 Å². The largest absolute Gasteiger partial charge is 0.491 e. The Morgan fingerprint density at radius 2 is 1.56 bits per heavy atom. The number of benzene rings is 2. The summed E-state index contributed by atoms with van der Waals surface area (Å²) in [7, 11) is 0. The van der Waals surface area contributed by atoms with Crippen molar-refractivity contribution in [2.45, 2.75) is 62.6 Å². The number of allylic oxidation sites excluding steroid dienone is 4. The van der Waals surface area contributed by atoms with Crippen molar-refractivity contribution in [1.29, 1.82) is 0 Å². The van der Waals surface area contributed by atoms with Gasteiger partial charge in [-0.15, -0.1) is 0 Å². The van der Waals surface area contributed by atoms with Crippen LogP contribution in [0.3, 0.4) is 0 Å². The van der Waals surface area contributed by atoms with Crippen molar-refractivity contribution >= 4 is 5.57 Å². The molecular weight excluding hydrogens is 424 g/mol. The number of ether oxygens (including phenoxy) is 4. The lowest BCUT2D eigenvalue weighted by Crippen LogP contribution is -2.10. The van der Waals surface area contributed by atoms with Crippen molar-refractivity contribution in [3.8, 4) is 11.5 Å². The van der Waals surface area contributed by atoms with Gasteiger partial charge in [-0.05, 0) is 71.7 Å². The molecular formula is C30H34O4. The van der Waals surface area contributed by atoms with E-state index in [2.05, 4.69) is 60.7 Å². The summed E-state index contributed by atoms with van der Waals surface area (Å²) in [5, 5.41) is 0. The summed E-state index contributed by atoms with van der Waals surface area (Å²) in [5.74, 6) is 2.99. The lowest BCUT2D eigenvalue weighted by molar-refractivity contribution is 0.258. The van der Waals surface area contributed by atoms with Crippen LogP contribution in [-0.2, 0) is 9.47 Å². The maximum absolute atomic E-state index is 6.20. The molecule has 0 N–H and O–H groups in total. The van der Waals surface area contributed by atoms with Crippen molar-refractivity contribution in [2.24, 2.45) is 0 Å². The van der Waals surface area contributed by atoms with Gasteiger partial charge < -0.3 is 18.9 Å². The Bertz CT molecular complexity index is 1040. The summed E-state index contributed by atoms with van der Waals surface area (Å²) in [6, 6.07) is 15.3. The Balaban J connectivity index is 1.14. The zero-order valence-corrected chi connectivity index (χ0v) is 19.8. The second kappa shape index (κ2) is 9.97. The molecule has 0 spiro atoms. The Labute approximate surface area is 202 Å². The molecule has 178 valence electrons. The molecule has 2 aliphatic carbocycles. The van der Waals surface area contributed by atoms with Crippen LogP contribution >= 0.6 is 0 Å². The molecule has 2 aromatic rings. The lowest BCUT2D eigenvalue weighted by atomic mass is 9.82. The highest BCUT2D eigenvalue weighted by molar-refractivity contribution is 5.76. The molecule has 4 nitrogen and oxygen atoms in total. The molecule has 0 amide bonds. The second-order valence-corrected chi connectivity index (χ2v) is 10.1. The first kappa shape index (κ1) is 21.9. The van der Waals surface area contributed by atoms with Crippen molar-refractivity contribution in [3.05, 3.63) is 77.4 Å². The van der Waals surface area contributed by atoms with E-state index < -0.39 is 0 Å². The van der Waals surface area contributed by atoms with E-state index in [1.54, 1.807) is 0 Å². The molecule has 3 atom stereocenters. The molecule has 2 saturated heterocycles. The molecule has 6 rings (SSSR count). The summed E-state index contributed by atoms with van der Waals surface area (Å²) >= 11 is 0. The third-order valence-corrected chi connectivity index (χ3v) is 7.46. The van der Waals surface area contributed by atoms with Crippen LogP contribution in [-0.4, -0.2) is 38.6 Å². The van der Waals surface area contributed by atoms with Crippen molar-refractivity contribution in [1.82, 2.24) is 0 Å². The molecule has 0 bridgehead atoms. The first-order valence-electron chi connectivity index (χ1n) is 12.9. The molecule has 4 heteroatoms. The number of epoxide rings is 2. The van der Waals surface area contributed by atoms with E-state index in [9.17, 15) is 0 Å². The van der Waals surface area contributed by atoms with Crippen LogP contribution in [0.15, 0.2) is 60.7 Å². The van der Waals surface area contributed by atoms with E-state index in [0.717, 1.165) is 31.1 Å². The fraction of sp³-hybridized carbons (Fsp3) is 0.467. The average Bonchev–Trinajstić information content (AvgIpc) is 3.83. The van der Waals surface area contributed by atoms with Gasteiger partial charge in [0, 0.05) is 5.92 Å². The van der Waals surface area contributed by atoms with E-state index in [1.807, 2.05) is 0 Å². The van der Waals surface area contributed by atoms with Crippen LogP contribution in [0.5, 0.6) is 11.5 Å². The number of hydrogen-bond acceptors (Lipinski definition) is 4. The molecule has 2 aliphatic heterocycles. The van der Waals surface area contributed by atoms with E-state index in [4.69, 9.17) is 18.9 Å². The molecule has 0 radical (unpaired) electrons. The highest BCUT2D eigenvalue weighted by atomic mass is 16.6.